The van der Waals surface area contributed by atoms with Crippen molar-refractivity contribution in [3.05, 3.63) is 28.2 Å². The van der Waals surface area contributed by atoms with E-state index < -0.39 is 0 Å². The minimum atomic E-state index is 0. The smallest absolute Gasteiger partial charge is 0.205 e. The summed E-state index contributed by atoms with van der Waals surface area (Å²) in [6, 6.07) is 2.14. The molecule has 0 saturated carbocycles. The van der Waals surface area contributed by atoms with E-state index in [1.165, 1.54) is 17.1 Å². The molecule has 9 heteroatoms. The summed E-state index contributed by atoms with van der Waals surface area (Å²) in [4.78, 5) is 13.6. The number of nitrogens with zero attached hydrogens (tertiary/aromatic N) is 5. The van der Waals surface area contributed by atoms with E-state index in [1.54, 1.807) is 11.3 Å². The molecule has 0 unspecified atom stereocenters. The van der Waals surface area contributed by atoms with Crippen molar-refractivity contribution in [1.29, 1.82) is 0 Å². The van der Waals surface area contributed by atoms with Crippen LogP contribution < -0.4 is 10.2 Å². The average Bonchev–Trinajstić information content (AvgIpc) is 3.27. The molecule has 0 radical (unpaired) electrons. The van der Waals surface area contributed by atoms with Crippen LogP contribution in [0, 0.1) is 0 Å². The quantitative estimate of drug-likeness (QED) is 0.416. The number of aliphatic imine (C=N–C) groups is 1. The van der Waals surface area contributed by atoms with Crippen molar-refractivity contribution < 1.29 is 0 Å². The molecular weight excluding hydrogens is 455 g/mol. The Balaban J connectivity index is 0.00000208. The van der Waals surface area contributed by atoms with Crippen LogP contribution in [0.3, 0.4) is 0 Å². The number of guanidine groups is 1. The number of rotatable bonds is 4. The van der Waals surface area contributed by atoms with Gasteiger partial charge in [0.1, 0.15) is 5.82 Å². The number of aromatic nitrogens is 2. The fraction of sp³-hybridized carbons (Fsp3) is 0.533. The standard InChI is InChI=1S/C15H22N6S2.HI/c1-3-13-18-15(23-19-13)21-7-5-20(6-8-21)14(16-2)17-10-12-4-9-22-11-12;/h4,9,11H,3,5-8,10H2,1-2H3,(H,16,17);1H. The largest absolute Gasteiger partial charge is 0.352 e. The Morgan fingerprint density at radius 3 is 2.71 bits per heavy atom. The van der Waals surface area contributed by atoms with Crippen LogP contribution in [-0.4, -0.2) is 53.4 Å². The van der Waals surface area contributed by atoms with Crippen molar-refractivity contribution in [3.8, 4) is 0 Å². The Morgan fingerprint density at radius 2 is 2.12 bits per heavy atom. The molecule has 3 rings (SSSR count). The van der Waals surface area contributed by atoms with Gasteiger partial charge >= 0.3 is 0 Å². The van der Waals surface area contributed by atoms with Crippen molar-refractivity contribution in [2.24, 2.45) is 4.99 Å². The summed E-state index contributed by atoms with van der Waals surface area (Å²) in [5.74, 6) is 1.92. The molecule has 3 heterocycles. The van der Waals surface area contributed by atoms with Crippen LogP contribution in [0.1, 0.15) is 18.3 Å². The van der Waals surface area contributed by atoms with Gasteiger partial charge in [0.05, 0.1) is 0 Å². The van der Waals surface area contributed by atoms with E-state index in [0.717, 1.165) is 56.1 Å². The molecule has 1 aliphatic heterocycles. The van der Waals surface area contributed by atoms with Gasteiger partial charge < -0.3 is 15.1 Å². The number of aryl methyl sites for hydroxylation is 1. The summed E-state index contributed by atoms with van der Waals surface area (Å²) in [6.07, 6.45) is 0.898. The molecule has 1 N–H and O–H groups in total. The number of hydrogen-bond donors (Lipinski definition) is 1. The molecule has 0 spiro atoms. The van der Waals surface area contributed by atoms with Crippen molar-refractivity contribution in [3.63, 3.8) is 0 Å². The van der Waals surface area contributed by atoms with Gasteiger partial charge in [-0.1, -0.05) is 6.92 Å². The molecule has 0 atom stereocenters. The lowest BCUT2D eigenvalue weighted by atomic mass is 10.3. The zero-order valence-corrected chi connectivity index (χ0v) is 17.9. The second-order valence-corrected chi connectivity index (χ2v) is 6.86. The van der Waals surface area contributed by atoms with Crippen LogP contribution in [0.5, 0.6) is 0 Å². The highest BCUT2D eigenvalue weighted by Gasteiger charge is 2.21. The first-order valence-corrected chi connectivity index (χ1v) is 9.56. The zero-order valence-electron chi connectivity index (χ0n) is 13.9. The van der Waals surface area contributed by atoms with Crippen LogP contribution in [0.25, 0.3) is 0 Å². The lowest BCUT2D eigenvalue weighted by Crippen LogP contribution is -2.52. The first-order valence-electron chi connectivity index (χ1n) is 7.84. The van der Waals surface area contributed by atoms with E-state index in [2.05, 4.69) is 53.2 Å². The predicted molar refractivity (Wildman–Crippen MR) is 113 cm³/mol. The van der Waals surface area contributed by atoms with Crippen molar-refractivity contribution in [2.75, 3.05) is 38.1 Å². The predicted octanol–water partition coefficient (Wildman–Crippen LogP) is 2.68. The number of piperazine rings is 1. The Morgan fingerprint density at radius 1 is 1.33 bits per heavy atom. The van der Waals surface area contributed by atoms with Gasteiger partial charge in [-0.05, 0) is 22.4 Å². The normalized spacial score (nSPS) is 15.3. The van der Waals surface area contributed by atoms with Crippen molar-refractivity contribution in [2.45, 2.75) is 19.9 Å². The average molecular weight is 478 g/mol. The van der Waals surface area contributed by atoms with E-state index >= 15 is 0 Å². The summed E-state index contributed by atoms with van der Waals surface area (Å²) < 4.78 is 4.38. The lowest BCUT2D eigenvalue weighted by Gasteiger charge is -2.36. The third-order valence-corrected chi connectivity index (χ3v) is 5.41. The number of thiophene rings is 1. The molecule has 1 aliphatic rings. The van der Waals surface area contributed by atoms with Crippen molar-refractivity contribution in [1.82, 2.24) is 19.6 Å². The van der Waals surface area contributed by atoms with Gasteiger partial charge in [-0.25, -0.2) is 4.98 Å². The van der Waals surface area contributed by atoms with E-state index in [1.807, 2.05) is 7.05 Å². The molecule has 0 amide bonds. The van der Waals surface area contributed by atoms with Crippen LogP contribution in [0.15, 0.2) is 21.8 Å². The van der Waals surface area contributed by atoms with Crippen molar-refractivity contribution >= 4 is 57.9 Å². The van der Waals surface area contributed by atoms with Gasteiger partial charge in [0.25, 0.3) is 0 Å². The molecule has 0 aliphatic carbocycles. The summed E-state index contributed by atoms with van der Waals surface area (Å²) in [5.41, 5.74) is 1.30. The number of halogens is 1. The molecule has 0 aromatic carbocycles. The minimum absolute atomic E-state index is 0. The molecule has 24 heavy (non-hydrogen) atoms. The molecule has 1 saturated heterocycles. The molecule has 1 fully saturated rings. The SMILES string of the molecule is CCc1nsc(N2CCN(C(=NC)NCc3ccsc3)CC2)n1.I. The Kier molecular flexibility index (Phi) is 7.69. The maximum absolute atomic E-state index is 4.58. The summed E-state index contributed by atoms with van der Waals surface area (Å²) in [6.45, 7) is 6.73. The monoisotopic (exact) mass is 478 g/mol. The Labute approximate surface area is 168 Å². The second-order valence-electron chi connectivity index (χ2n) is 5.35. The molecule has 132 valence electrons. The van der Waals surface area contributed by atoms with Gasteiger partial charge in [0.2, 0.25) is 5.13 Å². The highest BCUT2D eigenvalue weighted by atomic mass is 127. The van der Waals surface area contributed by atoms with Gasteiger partial charge in [-0.2, -0.15) is 15.7 Å². The molecule has 2 aromatic rings. The van der Waals surface area contributed by atoms with Gasteiger partial charge in [0.15, 0.2) is 5.96 Å². The van der Waals surface area contributed by atoms with E-state index in [-0.39, 0.29) is 24.0 Å². The van der Waals surface area contributed by atoms with Crippen LogP contribution in [0.4, 0.5) is 5.13 Å². The van der Waals surface area contributed by atoms with Crippen LogP contribution >= 0.6 is 46.8 Å². The number of anilines is 1. The van der Waals surface area contributed by atoms with E-state index in [0.29, 0.717) is 0 Å². The molecular formula is C15H23IN6S2. The third-order valence-electron chi connectivity index (χ3n) is 3.87. The highest BCUT2D eigenvalue weighted by molar-refractivity contribution is 14.0. The highest BCUT2D eigenvalue weighted by Crippen LogP contribution is 2.19. The van der Waals surface area contributed by atoms with Crippen LogP contribution in [-0.2, 0) is 13.0 Å². The zero-order chi connectivity index (χ0) is 16.1. The van der Waals surface area contributed by atoms with E-state index in [9.17, 15) is 0 Å². The molecule has 2 aromatic heterocycles. The number of hydrogen-bond acceptors (Lipinski definition) is 6. The fourth-order valence-corrected chi connectivity index (χ4v) is 4.00. The Bertz CT molecular complexity index is 634. The number of nitrogens with one attached hydrogen (secondary N) is 1. The lowest BCUT2D eigenvalue weighted by molar-refractivity contribution is 0.372. The van der Waals surface area contributed by atoms with Gasteiger partial charge in [0, 0.05) is 57.7 Å². The van der Waals surface area contributed by atoms with E-state index in [4.69, 9.17) is 0 Å². The first-order chi connectivity index (χ1) is 11.3. The van der Waals surface area contributed by atoms with Gasteiger partial charge in [-0.3, -0.25) is 4.99 Å². The Hall–Kier alpha value is -0.940. The second kappa shape index (κ2) is 9.52. The molecule has 0 bridgehead atoms. The minimum Gasteiger partial charge on any atom is -0.352 e. The summed E-state index contributed by atoms with van der Waals surface area (Å²) in [5, 5.41) is 8.76. The maximum Gasteiger partial charge on any atom is 0.205 e. The maximum atomic E-state index is 4.58. The third kappa shape index (κ3) is 4.79. The molecule has 6 nitrogen and oxygen atoms in total. The van der Waals surface area contributed by atoms with Gasteiger partial charge in [-0.15, -0.1) is 24.0 Å². The first kappa shape index (κ1) is 19.4. The topological polar surface area (TPSA) is 56.7 Å². The summed E-state index contributed by atoms with van der Waals surface area (Å²) in [7, 11) is 1.85. The summed E-state index contributed by atoms with van der Waals surface area (Å²) >= 11 is 3.23. The van der Waals surface area contributed by atoms with Crippen LogP contribution in [0.2, 0.25) is 0 Å². The fourth-order valence-electron chi connectivity index (χ4n) is 2.53.